The molecule has 1 rings (SSSR count). The summed E-state index contributed by atoms with van der Waals surface area (Å²) in [5, 5.41) is 6.80. The van der Waals surface area contributed by atoms with Gasteiger partial charge in [-0.3, -0.25) is 4.90 Å². The Hall–Kier alpha value is -0.240. The molecule has 18 heavy (non-hydrogen) atoms. The van der Waals surface area contributed by atoms with Crippen LogP contribution in [0.5, 0.6) is 0 Å². The van der Waals surface area contributed by atoms with Gasteiger partial charge in [0.05, 0.1) is 0 Å². The van der Waals surface area contributed by atoms with E-state index < -0.39 is 0 Å². The Morgan fingerprint density at radius 2 is 2.06 bits per heavy atom. The Labute approximate surface area is 111 Å². The second-order valence-corrected chi connectivity index (χ2v) is 4.96. The van der Waals surface area contributed by atoms with E-state index in [1.807, 2.05) is 0 Å². The summed E-state index contributed by atoms with van der Waals surface area (Å²) in [5.74, 6) is 0. The van der Waals surface area contributed by atoms with Gasteiger partial charge in [0.2, 0.25) is 0 Å². The van der Waals surface area contributed by atoms with E-state index >= 15 is 0 Å². The zero-order valence-electron chi connectivity index (χ0n) is 11.4. The first kappa shape index (κ1) is 15.8. The molecule has 108 valence electrons. The minimum absolute atomic E-state index is 0.161. The van der Waals surface area contributed by atoms with E-state index in [-0.39, 0.29) is 6.04 Å². The largest absolute Gasteiger partial charge is 0.330 e. The van der Waals surface area contributed by atoms with E-state index in [0.29, 0.717) is 6.04 Å². The van der Waals surface area contributed by atoms with Crippen molar-refractivity contribution in [1.82, 2.24) is 15.5 Å². The maximum absolute atomic E-state index is 6.29. The first-order chi connectivity index (χ1) is 8.79. The van der Waals surface area contributed by atoms with Gasteiger partial charge >= 0.3 is 0 Å². The number of hydrogen-bond acceptors (Lipinski definition) is 6. The smallest absolute Gasteiger partial charge is 0.0384 e. The van der Waals surface area contributed by atoms with E-state index in [0.717, 1.165) is 65.2 Å². The van der Waals surface area contributed by atoms with Gasteiger partial charge in [0.15, 0.2) is 0 Å². The Kier molecular flexibility index (Phi) is 8.49. The Balaban J connectivity index is 2.29. The van der Waals surface area contributed by atoms with Crippen LogP contribution in [0.2, 0.25) is 0 Å². The van der Waals surface area contributed by atoms with Gasteiger partial charge in [0, 0.05) is 38.3 Å². The quantitative estimate of drug-likeness (QED) is 0.303. The van der Waals surface area contributed by atoms with Crippen LogP contribution < -0.4 is 27.8 Å². The molecule has 6 nitrogen and oxygen atoms in total. The maximum atomic E-state index is 6.29. The van der Waals surface area contributed by atoms with Crippen molar-refractivity contribution < 1.29 is 0 Å². The highest BCUT2D eigenvalue weighted by Crippen LogP contribution is 2.07. The molecule has 0 radical (unpaired) electrons. The van der Waals surface area contributed by atoms with Crippen LogP contribution in [-0.2, 0) is 0 Å². The van der Waals surface area contributed by atoms with Crippen LogP contribution in [-0.4, -0.2) is 69.3 Å². The van der Waals surface area contributed by atoms with Gasteiger partial charge in [-0.2, -0.15) is 0 Å². The highest BCUT2D eigenvalue weighted by molar-refractivity contribution is 4.89. The average Bonchev–Trinajstić information content (AvgIpc) is 2.41. The second kappa shape index (κ2) is 9.66. The Bertz CT molecular complexity index is 201. The molecule has 1 aliphatic heterocycles. The molecule has 2 unspecified atom stereocenters. The molecule has 6 heteroatoms. The first-order valence-corrected chi connectivity index (χ1v) is 7.10. The third-order valence-corrected chi connectivity index (χ3v) is 3.48. The summed E-state index contributed by atoms with van der Waals surface area (Å²) in [7, 11) is 0. The summed E-state index contributed by atoms with van der Waals surface area (Å²) >= 11 is 0. The van der Waals surface area contributed by atoms with Crippen molar-refractivity contribution in [3.05, 3.63) is 0 Å². The fraction of sp³-hybridized carbons (Fsp3) is 1.00. The van der Waals surface area contributed by atoms with Crippen molar-refractivity contribution in [2.75, 3.05) is 52.4 Å². The molecule has 0 spiro atoms. The standard InChI is InChI=1S/C12H30N6/c13-3-1-5-16-9-11(15)12-10-17-6-8-18(12)7-2-4-14/h11-12,16-17H,1-10,13-15H2. The zero-order valence-corrected chi connectivity index (χ0v) is 11.4. The molecule has 0 saturated carbocycles. The fourth-order valence-electron chi connectivity index (χ4n) is 2.39. The third-order valence-electron chi connectivity index (χ3n) is 3.48. The molecule has 1 fully saturated rings. The SMILES string of the molecule is NCCCNCC(N)C1CNCCN1CCCN. The van der Waals surface area contributed by atoms with E-state index in [4.69, 9.17) is 17.2 Å². The van der Waals surface area contributed by atoms with Crippen molar-refractivity contribution in [3.8, 4) is 0 Å². The Morgan fingerprint density at radius 1 is 1.28 bits per heavy atom. The molecule has 0 aromatic rings. The first-order valence-electron chi connectivity index (χ1n) is 7.10. The number of piperazine rings is 1. The van der Waals surface area contributed by atoms with Crippen LogP contribution in [0.3, 0.4) is 0 Å². The van der Waals surface area contributed by atoms with Crippen molar-refractivity contribution in [2.24, 2.45) is 17.2 Å². The van der Waals surface area contributed by atoms with Crippen LogP contribution in [0.1, 0.15) is 12.8 Å². The monoisotopic (exact) mass is 258 g/mol. The second-order valence-electron chi connectivity index (χ2n) is 4.96. The number of nitrogens with two attached hydrogens (primary N) is 3. The molecule has 0 aromatic carbocycles. The molecule has 8 N–H and O–H groups in total. The van der Waals surface area contributed by atoms with Gasteiger partial charge in [-0.05, 0) is 39.0 Å². The van der Waals surface area contributed by atoms with Gasteiger partial charge in [0.25, 0.3) is 0 Å². The van der Waals surface area contributed by atoms with Crippen LogP contribution in [0.4, 0.5) is 0 Å². The van der Waals surface area contributed by atoms with Crippen molar-refractivity contribution in [2.45, 2.75) is 24.9 Å². The summed E-state index contributed by atoms with van der Waals surface area (Å²) in [6, 6.07) is 0.573. The lowest BCUT2D eigenvalue weighted by Gasteiger charge is -2.39. The van der Waals surface area contributed by atoms with Crippen LogP contribution >= 0.6 is 0 Å². The maximum Gasteiger partial charge on any atom is 0.0384 e. The highest BCUT2D eigenvalue weighted by atomic mass is 15.2. The molecule has 0 amide bonds. The molecule has 0 aliphatic carbocycles. The van der Waals surface area contributed by atoms with Gasteiger partial charge < -0.3 is 27.8 Å². The third kappa shape index (κ3) is 5.60. The van der Waals surface area contributed by atoms with E-state index in [1.54, 1.807) is 0 Å². The summed E-state index contributed by atoms with van der Waals surface area (Å²) in [4.78, 5) is 2.47. The summed E-state index contributed by atoms with van der Waals surface area (Å²) in [6.45, 7) is 7.44. The predicted octanol–water partition coefficient (Wildman–Crippen LogP) is -2.13. The Morgan fingerprint density at radius 3 is 2.78 bits per heavy atom. The molecule has 1 saturated heterocycles. The fourth-order valence-corrected chi connectivity index (χ4v) is 2.39. The molecule has 1 aliphatic rings. The van der Waals surface area contributed by atoms with Gasteiger partial charge in [0.1, 0.15) is 0 Å². The topological polar surface area (TPSA) is 105 Å². The van der Waals surface area contributed by atoms with Crippen molar-refractivity contribution >= 4 is 0 Å². The summed E-state index contributed by atoms with van der Waals surface area (Å²) in [6.07, 6.45) is 2.05. The van der Waals surface area contributed by atoms with Gasteiger partial charge in [-0.1, -0.05) is 0 Å². The summed E-state index contributed by atoms with van der Waals surface area (Å²) < 4.78 is 0. The lowest BCUT2D eigenvalue weighted by molar-refractivity contribution is 0.137. The van der Waals surface area contributed by atoms with Crippen LogP contribution in [0.15, 0.2) is 0 Å². The number of hydrogen-bond donors (Lipinski definition) is 5. The molecule has 0 aromatic heterocycles. The molecular weight excluding hydrogens is 228 g/mol. The molecule has 2 atom stereocenters. The highest BCUT2D eigenvalue weighted by Gasteiger charge is 2.26. The minimum atomic E-state index is 0.161. The van der Waals surface area contributed by atoms with E-state index in [9.17, 15) is 0 Å². The van der Waals surface area contributed by atoms with Crippen molar-refractivity contribution in [1.29, 1.82) is 0 Å². The van der Waals surface area contributed by atoms with Crippen LogP contribution in [0.25, 0.3) is 0 Å². The molecular formula is C12H30N6. The van der Waals surface area contributed by atoms with Gasteiger partial charge in [-0.15, -0.1) is 0 Å². The van der Waals surface area contributed by atoms with Gasteiger partial charge in [-0.25, -0.2) is 0 Å². The minimum Gasteiger partial charge on any atom is -0.330 e. The zero-order chi connectivity index (χ0) is 13.2. The normalized spacial score (nSPS) is 23.2. The molecule has 1 heterocycles. The van der Waals surface area contributed by atoms with E-state index in [1.165, 1.54) is 0 Å². The van der Waals surface area contributed by atoms with E-state index in [2.05, 4.69) is 15.5 Å². The lowest BCUT2D eigenvalue weighted by Crippen LogP contribution is -2.61. The molecule has 0 bridgehead atoms. The van der Waals surface area contributed by atoms with Crippen molar-refractivity contribution in [3.63, 3.8) is 0 Å². The number of rotatable bonds is 9. The lowest BCUT2D eigenvalue weighted by atomic mass is 10.0. The number of nitrogens with zero attached hydrogens (tertiary/aromatic N) is 1. The summed E-state index contributed by atoms with van der Waals surface area (Å²) in [5.41, 5.74) is 17.3. The van der Waals surface area contributed by atoms with Crippen LogP contribution in [0, 0.1) is 0 Å². The number of nitrogens with one attached hydrogen (secondary N) is 2. The predicted molar refractivity (Wildman–Crippen MR) is 76.4 cm³/mol. The average molecular weight is 258 g/mol.